The van der Waals surface area contributed by atoms with Crippen LogP contribution in [-0.4, -0.2) is 65.2 Å². The summed E-state index contributed by atoms with van der Waals surface area (Å²) in [4.78, 5) is 64.4. The number of primary amides is 1. The number of benzene rings is 1. The van der Waals surface area contributed by atoms with Gasteiger partial charge in [-0.3, -0.25) is 24.0 Å². The number of hydrogen-bond donors (Lipinski definition) is 5. The minimum Gasteiger partial charge on any atom is -0.368 e. The molecule has 1 aliphatic rings. The van der Waals surface area contributed by atoms with Crippen molar-refractivity contribution in [2.24, 2.45) is 17.6 Å². The lowest BCUT2D eigenvalue weighted by Gasteiger charge is -2.29. The van der Waals surface area contributed by atoms with Crippen molar-refractivity contribution in [1.29, 1.82) is 0 Å². The van der Waals surface area contributed by atoms with Gasteiger partial charge in [0.15, 0.2) is 0 Å². The molecule has 2 rings (SSSR count). The minimum atomic E-state index is -0.935. The van der Waals surface area contributed by atoms with Gasteiger partial charge >= 0.3 is 0 Å². The quantitative estimate of drug-likeness (QED) is 0.343. The van der Waals surface area contributed by atoms with Gasteiger partial charge in [-0.05, 0) is 36.3 Å². The Balaban J connectivity index is 2.32. The summed E-state index contributed by atoms with van der Waals surface area (Å²) in [7, 11) is 0. The number of nitrogens with one attached hydrogen (secondary N) is 4. The molecule has 1 heterocycles. The standard InChI is InChI=1S/C29H45N5O5S2/c1-6-18(4)25-29(39)33-23(26(30)36)16-41-15-21-9-7-8-20(13-21)14-40-11-10-24(35)31-19(5)27(37)32-22(12-17(2)3)28(38)34-25/h7-9,13,17-19,22-23,25H,6,10-12,14-16H2,1-5H3,(H2,30,36)(H,31,35)(H,32,37)(H,33,39)(H,34,38)/t18-,19-,22-,23?,25-/m0/s1. The average molecular weight is 608 g/mol. The van der Waals surface area contributed by atoms with Gasteiger partial charge in [-0.15, -0.1) is 0 Å². The maximum Gasteiger partial charge on any atom is 0.243 e. The molecule has 41 heavy (non-hydrogen) atoms. The molecule has 1 aromatic rings. The van der Waals surface area contributed by atoms with E-state index in [9.17, 15) is 24.0 Å². The summed E-state index contributed by atoms with van der Waals surface area (Å²) in [5.41, 5.74) is 7.82. The molecule has 5 atom stereocenters. The molecule has 6 N–H and O–H groups in total. The van der Waals surface area contributed by atoms with Crippen LogP contribution in [0.2, 0.25) is 0 Å². The first-order chi connectivity index (χ1) is 19.4. The van der Waals surface area contributed by atoms with E-state index < -0.39 is 47.8 Å². The van der Waals surface area contributed by atoms with Gasteiger partial charge in [-0.1, -0.05) is 58.4 Å². The summed E-state index contributed by atoms with van der Waals surface area (Å²) < 4.78 is 0. The summed E-state index contributed by atoms with van der Waals surface area (Å²) >= 11 is 3.10. The van der Waals surface area contributed by atoms with Crippen molar-refractivity contribution in [2.45, 2.75) is 89.6 Å². The van der Waals surface area contributed by atoms with Crippen LogP contribution in [-0.2, 0) is 35.5 Å². The molecular weight excluding hydrogens is 562 g/mol. The van der Waals surface area contributed by atoms with Crippen LogP contribution in [0, 0.1) is 11.8 Å². The highest BCUT2D eigenvalue weighted by Crippen LogP contribution is 2.19. The molecule has 5 amide bonds. The van der Waals surface area contributed by atoms with Crippen molar-refractivity contribution in [2.75, 3.05) is 11.5 Å². The monoisotopic (exact) mass is 607 g/mol. The summed E-state index contributed by atoms with van der Waals surface area (Å²) in [6, 6.07) is 4.47. The molecule has 0 aliphatic carbocycles. The highest BCUT2D eigenvalue weighted by molar-refractivity contribution is 7.98. The zero-order valence-electron chi connectivity index (χ0n) is 24.7. The van der Waals surface area contributed by atoms with E-state index in [1.54, 1.807) is 18.7 Å². The number of thioether (sulfide) groups is 2. The van der Waals surface area contributed by atoms with Gasteiger partial charge in [0.25, 0.3) is 0 Å². The first-order valence-corrected chi connectivity index (χ1v) is 16.4. The minimum absolute atomic E-state index is 0.0678. The fourth-order valence-electron chi connectivity index (χ4n) is 4.25. The number of fused-ring (bicyclic) bond motifs is 2. The molecule has 1 aliphatic heterocycles. The van der Waals surface area contributed by atoms with Crippen molar-refractivity contribution in [3.63, 3.8) is 0 Å². The third-order valence-corrected chi connectivity index (χ3v) is 8.99. The van der Waals surface area contributed by atoms with Crippen LogP contribution >= 0.6 is 23.5 Å². The predicted octanol–water partition coefficient (Wildman–Crippen LogP) is 2.09. The van der Waals surface area contributed by atoms with E-state index >= 15 is 0 Å². The molecule has 228 valence electrons. The second-order valence-electron chi connectivity index (χ2n) is 11.0. The van der Waals surface area contributed by atoms with Crippen LogP contribution in [0.5, 0.6) is 0 Å². The van der Waals surface area contributed by atoms with Gasteiger partial charge in [0.1, 0.15) is 24.2 Å². The number of hydrogen-bond acceptors (Lipinski definition) is 7. The van der Waals surface area contributed by atoms with Crippen LogP contribution in [0.3, 0.4) is 0 Å². The molecular formula is C29H45N5O5S2. The normalized spacial score (nSPS) is 25.0. The molecule has 12 heteroatoms. The summed E-state index contributed by atoms with van der Waals surface area (Å²) in [6.45, 7) is 9.16. The van der Waals surface area contributed by atoms with Crippen LogP contribution < -0.4 is 27.0 Å². The van der Waals surface area contributed by atoms with E-state index in [1.165, 1.54) is 11.8 Å². The molecule has 1 unspecified atom stereocenters. The second kappa shape index (κ2) is 17.3. The van der Waals surface area contributed by atoms with E-state index in [0.29, 0.717) is 24.3 Å². The van der Waals surface area contributed by atoms with E-state index in [0.717, 1.165) is 16.9 Å². The van der Waals surface area contributed by atoms with Crippen molar-refractivity contribution in [3.05, 3.63) is 35.4 Å². The molecule has 10 nitrogen and oxygen atoms in total. The van der Waals surface area contributed by atoms with Crippen LogP contribution in [0.4, 0.5) is 0 Å². The maximum atomic E-state index is 13.4. The van der Waals surface area contributed by atoms with Gasteiger partial charge in [-0.2, -0.15) is 23.5 Å². The molecule has 0 saturated heterocycles. The summed E-state index contributed by atoms with van der Waals surface area (Å²) in [6.07, 6.45) is 1.19. The first kappa shape index (κ1) is 34.5. The molecule has 0 aromatic heterocycles. The maximum absolute atomic E-state index is 13.4. The third-order valence-electron chi connectivity index (χ3n) is 6.85. The van der Waals surface area contributed by atoms with Crippen LogP contribution in [0.1, 0.15) is 65.0 Å². The van der Waals surface area contributed by atoms with E-state index in [4.69, 9.17) is 5.73 Å². The Morgan fingerprint density at radius 3 is 2.22 bits per heavy atom. The number of rotatable bonds is 5. The number of carbonyl (C=O) groups is 5. The predicted molar refractivity (Wildman–Crippen MR) is 165 cm³/mol. The van der Waals surface area contributed by atoms with Crippen molar-refractivity contribution >= 4 is 53.1 Å². The average Bonchev–Trinajstić information content (AvgIpc) is 2.91. The van der Waals surface area contributed by atoms with Crippen molar-refractivity contribution in [1.82, 2.24) is 21.3 Å². The Morgan fingerprint density at radius 1 is 0.951 bits per heavy atom. The smallest absolute Gasteiger partial charge is 0.243 e. The van der Waals surface area contributed by atoms with Crippen molar-refractivity contribution in [3.8, 4) is 0 Å². The Bertz CT molecular complexity index is 1070. The Hall–Kier alpha value is -2.73. The summed E-state index contributed by atoms with van der Waals surface area (Å²) in [5.74, 6) is -0.349. The zero-order valence-corrected chi connectivity index (χ0v) is 26.3. The van der Waals surface area contributed by atoms with Gasteiger partial charge in [-0.25, -0.2) is 0 Å². The largest absolute Gasteiger partial charge is 0.368 e. The molecule has 0 radical (unpaired) electrons. The fourth-order valence-corrected chi connectivity index (χ4v) is 6.16. The lowest BCUT2D eigenvalue weighted by Crippen LogP contribution is -2.59. The number of amides is 5. The highest BCUT2D eigenvalue weighted by atomic mass is 32.2. The van der Waals surface area contributed by atoms with E-state index in [1.807, 2.05) is 45.9 Å². The first-order valence-electron chi connectivity index (χ1n) is 14.1. The fraction of sp³-hybridized carbons (Fsp3) is 0.621. The molecule has 2 bridgehead atoms. The zero-order chi connectivity index (χ0) is 30.5. The highest BCUT2D eigenvalue weighted by Gasteiger charge is 2.32. The van der Waals surface area contributed by atoms with Gasteiger partial charge in [0.2, 0.25) is 29.5 Å². The summed E-state index contributed by atoms with van der Waals surface area (Å²) in [5, 5.41) is 11.0. The number of nitrogens with two attached hydrogens (primary N) is 1. The Kier molecular flexibility index (Phi) is 14.5. The third kappa shape index (κ3) is 12.0. The molecule has 0 fully saturated rings. The lowest BCUT2D eigenvalue weighted by molar-refractivity contribution is -0.135. The van der Waals surface area contributed by atoms with Gasteiger partial charge in [0.05, 0.1) is 0 Å². The topological polar surface area (TPSA) is 159 Å². The van der Waals surface area contributed by atoms with E-state index in [-0.39, 0.29) is 29.9 Å². The Labute approximate surface area is 251 Å². The molecule has 1 aromatic carbocycles. The SMILES string of the molecule is CC[C@H](C)[C@@H]1NC(=O)[C@H](CC(C)C)NC(=O)[C@H](C)NC(=O)CCSCc2cccc(c2)CSCC(C(N)=O)NC1=O. The molecule has 0 saturated carbocycles. The number of carbonyl (C=O) groups excluding carboxylic acids is 5. The van der Waals surface area contributed by atoms with Crippen LogP contribution in [0.25, 0.3) is 0 Å². The van der Waals surface area contributed by atoms with E-state index in [2.05, 4.69) is 27.3 Å². The van der Waals surface area contributed by atoms with Crippen LogP contribution in [0.15, 0.2) is 24.3 Å². The second-order valence-corrected chi connectivity index (χ2v) is 13.1. The van der Waals surface area contributed by atoms with Gasteiger partial charge in [0, 0.05) is 29.4 Å². The lowest BCUT2D eigenvalue weighted by atomic mass is 9.96. The van der Waals surface area contributed by atoms with Gasteiger partial charge < -0.3 is 27.0 Å². The molecule has 0 spiro atoms. The Morgan fingerprint density at radius 2 is 1.61 bits per heavy atom. The van der Waals surface area contributed by atoms with Crippen molar-refractivity contribution < 1.29 is 24.0 Å².